The molecule has 2 fully saturated rings. The molecule has 1 aromatic carbocycles. The Morgan fingerprint density at radius 1 is 1.03 bits per heavy atom. The average molecular weight is 443 g/mol. The molecule has 0 bridgehead atoms. The molecule has 3 aliphatic rings. The van der Waals surface area contributed by atoms with Crippen LogP contribution in [0.15, 0.2) is 24.3 Å². The Labute approximate surface area is 188 Å². The molecule has 1 saturated heterocycles. The molecule has 4 atom stereocenters. The van der Waals surface area contributed by atoms with Crippen molar-refractivity contribution in [3.05, 3.63) is 35.4 Å². The maximum absolute atomic E-state index is 13.3. The molecule has 1 aromatic rings. The number of rotatable bonds is 5. The Morgan fingerprint density at radius 3 is 2.53 bits per heavy atom. The number of hydrogen-bond donors (Lipinski definition) is 4. The van der Waals surface area contributed by atoms with Gasteiger partial charge in [0, 0.05) is 6.54 Å². The minimum atomic E-state index is -1.15. The molecule has 1 unspecified atom stereocenters. The van der Waals surface area contributed by atoms with Crippen LogP contribution in [0.4, 0.5) is 4.79 Å². The van der Waals surface area contributed by atoms with Crippen molar-refractivity contribution in [1.29, 1.82) is 0 Å². The van der Waals surface area contributed by atoms with Gasteiger partial charge in [-0.3, -0.25) is 9.59 Å². The zero-order valence-corrected chi connectivity index (χ0v) is 18.5. The maximum Gasteiger partial charge on any atom is 0.404 e. The SMILES string of the molecule is NC(C(=O)N1C[C@@H](NC(=O)O)C[C@H]1C(=O)N[C@@H]1CCCc2ccccc21)C1CCCCC1. The van der Waals surface area contributed by atoms with Crippen molar-refractivity contribution in [2.75, 3.05) is 6.54 Å². The number of hydrogen-bond acceptors (Lipinski definition) is 4. The predicted molar refractivity (Wildman–Crippen MR) is 120 cm³/mol. The largest absolute Gasteiger partial charge is 0.465 e. The van der Waals surface area contributed by atoms with Crippen LogP contribution >= 0.6 is 0 Å². The molecule has 3 amide bonds. The number of benzene rings is 1. The molecule has 32 heavy (non-hydrogen) atoms. The van der Waals surface area contributed by atoms with Gasteiger partial charge in [-0.25, -0.2) is 4.79 Å². The van der Waals surface area contributed by atoms with Crippen molar-refractivity contribution in [2.45, 2.75) is 82.0 Å². The average Bonchev–Trinajstić information content (AvgIpc) is 3.22. The summed E-state index contributed by atoms with van der Waals surface area (Å²) in [5, 5.41) is 14.8. The topological polar surface area (TPSA) is 125 Å². The van der Waals surface area contributed by atoms with Crippen molar-refractivity contribution >= 4 is 17.9 Å². The molecule has 1 heterocycles. The van der Waals surface area contributed by atoms with E-state index in [-0.39, 0.29) is 36.7 Å². The van der Waals surface area contributed by atoms with Crippen LogP contribution in [0, 0.1) is 5.92 Å². The van der Waals surface area contributed by atoms with Gasteiger partial charge in [0.05, 0.1) is 18.1 Å². The fraction of sp³-hybridized carbons (Fsp3) is 0.625. The third kappa shape index (κ3) is 4.90. The van der Waals surface area contributed by atoms with Crippen LogP contribution in [0.5, 0.6) is 0 Å². The van der Waals surface area contributed by atoms with Gasteiger partial charge in [-0.15, -0.1) is 0 Å². The predicted octanol–water partition coefficient (Wildman–Crippen LogP) is 2.32. The lowest BCUT2D eigenvalue weighted by Gasteiger charge is -2.33. The molecule has 0 aromatic heterocycles. The highest BCUT2D eigenvalue weighted by Gasteiger charge is 2.43. The lowest BCUT2D eigenvalue weighted by Crippen LogP contribution is -2.54. The fourth-order valence-electron chi connectivity index (χ4n) is 5.67. The zero-order chi connectivity index (χ0) is 22.7. The molecule has 0 radical (unpaired) electrons. The summed E-state index contributed by atoms with van der Waals surface area (Å²) in [5.41, 5.74) is 8.74. The van der Waals surface area contributed by atoms with Crippen LogP contribution in [-0.4, -0.2) is 52.6 Å². The Kier molecular flexibility index (Phi) is 6.98. The van der Waals surface area contributed by atoms with Crippen molar-refractivity contribution in [3.8, 4) is 0 Å². The number of carbonyl (C=O) groups is 3. The number of nitrogens with one attached hydrogen (secondary N) is 2. The monoisotopic (exact) mass is 442 g/mol. The highest BCUT2D eigenvalue weighted by Crippen LogP contribution is 2.31. The third-order valence-corrected chi connectivity index (χ3v) is 7.34. The van der Waals surface area contributed by atoms with Crippen LogP contribution < -0.4 is 16.4 Å². The summed E-state index contributed by atoms with van der Waals surface area (Å²) in [4.78, 5) is 39.4. The first-order valence-electron chi connectivity index (χ1n) is 11.9. The summed E-state index contributed by atoms with van der Waals surface area (Å²) in [6.07, 6.45) is 7.10. The molecule has 0 spiro atoms. The summed E-state index contributed by atoms with van der Waals surface area (Å²) < 4.78 is 0. The molecule has 4 rings (SSSR count). The lowest BCUT2D eigenvalue weighted by molar-refractivity contribution is -0.140. The first kappa shape index (κ1) is 22.6. The quantitative estimate of drug-likeness (QED) is 0.557. The molecular formula is C24H34N4O4. The van der Waals surface area contributed by atoms with Crippen LogP contribution in [0.3, 0.4) is 0 Å². The molecule has 174 valence electrons. The molecule has 8 nitrogen and oxygen atoms in total. The van der Waals surface area contributed by atoms with Gasteiger partial charge >= 0.3 is 6.09 Å². The van der Waals surface area contributed by atoms with Crippen LogP contribution in [0.25, 0.3) is 0 Å². The minimum Gasteiger partial charge on any atom is -0.465 e. The molecule has 8 heteroatoms. The van der Waals surface area contributed by atoms with Crippen molar-refractivity contribution < 1.29 is 19.5 Å². The normalized spacial score (nSPS) is 26.8. The van der Waals surface area contributed by atoms with E-state index in [9.17, 15) is 14.4 Å². The maximum atomic E-state index is 13.3. The third-order valence-electron chi connectivity index (χ3n) is 7.34. The Bertz CT molecular complexity index is 854. The number of likely N-dealkylation sites (tertiary alicyclic amines) is 1. The second-order valence-corrected chi connectivity index (χ2v) is 9.46. The van der Waals surface area contributed by atoms with E-state index in [1.54, 1.807) is 0 Å². The second-order valence-electron chi connectivity index (χ2n) is 9.46. The Morgan fingerprint density at radius 2 is 1.78 bits per heavy atom. The first-order valence-corrected chi connectivity index (χ1v) is 11.9. The van der Waals surface area contributed by atoms with E-state index in [0.717, 1.165) is 50.5 Å². The van der Waals surface area contributed by atoms with E-state index in [4.69, 9.17) is 10.8 Å². The van der Waals surface area contributed by atoms with Gasteiger partial charge in [-0.2, -0.15) is 0 Å². The number of amides is 3. The van der Waals surface area contributed by atoms with E-state index in [2.05, 4.69) is 16.7 Å². The van der Waals surface area contributed by atoms with Crippen LogP contribution in [-0.2, 0) is 16.0 Å². The van der Waals surface area contributed by atoms with Gasteiger partial charge in [0.2, 0.25) is 11.8 Å². The number of carbonyl (C=O) groups excluding carboxylic acids is 2. The van der Waals surface area contributed by atoms with Gasteiger partial charge in [-0.05, 0) is 55.6 Å². The molecular weight excluding hydrogens is 408 g/mol. The highest BCUT2D eigenvalue weighted by atomic mass is 16.4. The molecule has 2 aliphatic carbocycles. The lowest BCUT2D eigenvalue weighted by atomic mass is 9.83. The summed E-state index contributed by atoms with van der Waals surface area (Å²) in [5.74, 6) is -0.349. The zero-order valence-electron chi connectivity index (χ0n) is 18.5. The van der Waals surface area contributed by atoms with Gasteiger partial charge < -0.3 is 26.4 Å². The summed E-state index contributed by atoms with van der Waals surface area (Å²) in [6, 6.07) is 6.18. The molecule has 1 aliphatic heterocycles. The summed E-state index contributed by atoms with van der Waals surface area (Å²) in [7, 11) is 0. The smallest absolute Gasteiger partial charge is 0.404 e. The number of aryl methyl sites for hydroxylation is 1. The summed E-state index contributed by atoms with van der Waals surface area (Å²) in [6.45, 7) is 0.172. The minimum absolute atomic E-state index is 0.0945. The highest BCUT2D eigenvalue weighted by molar-refractivity contribution is 5.91. The van der Waals surface area contributed by atoms with E-state index in [0.29, 0.717) is 0 Å². The Hall–Kier alpha value is -2.61. The van der Waals surface area contributed by atoms with Gasteiger partial charge in [0.25, 0.3) is 0 Å². The van der Waals surface area contributed by atoms with Crippen molar-refractivity contribution in [1.82, 2.24) is 15.5 Å². The molecule has 1 saturated carbocycles. The number of nitrogens with zero attached hydrogens (tertiary/aromatic N) is 1. The van der Waals surface area contributed by atoms with Gasteiger partial charge in [-0.1, -0.05) is 43.5 Å². The van der Waals surface area contributed by atoms with Gasteiger partial charge in [0.15, 0.2) is 0 Å². The van der Waals surface area contributed by atoms with E-state index >= 15 is 0 Å². The standard InChI is InChI=1S/C24H34N4O4/c25-21(16-8-2-1-3-9-16)23(30)28-14-17(26-24(31)32)13-20(28)22(29)27-19-12-6-10-15-7-4-5-11-18(15)19/h4-5,7,11,16-17,19-21,26H,1-3,6,8-10,12-14,25H2,(H,27,29)(H,31,32)/t17-,19+,20-,21?/m0/s1. The first-order chi connectivity index (χ1) is 15.4. The summed E-state index contributed by atoms with van der Waals surface area (Å²) >= 11 is 0. The van der Waals surface area contributed by atoms with Crippen LogP contribution in [0.2, 0.25) is 0 Å². The Balaban J connectivity index is 1.49. The van der Waals surface area contributed by atoms with Crippen LogP contribution in [0.1, 0.15) is 68.5 Å². The van der Waals surface area contributed by atoms with Crippen molar-refractivity contribution in [2.24, 2.45) is 11.7 Å². The van der Waals surface area contributed by atoms with E-state index in [1.165, 1.54) is 16.9 Å². The van der Waals surface area contributed by atoms with E-state index in [1.807, 2.05) is 18.2 Å². The van der Waals surface area contributed by atoms with E-state index < -0.39 is 24.2 Å². The number of nitrogens with two attached hydrogens (primary N) is 1. The fourth-order valence-corrected chi connectivity index (χ4v) is 5.67. The number of fused-ring (bicyclic) bond motifs is 1. The number of carboxylic acid groups (broad SMARTS) is 1. The van der Waals surface area contributed by atoms with Crippen molar-refractivity contribution in [3.63, 3.8) is 0 Å². The molecule has 5 N–H and O–H groups in total. The van der Waals surface area contributed by atoms with Gasteiger partial charge in [0.1, 0.15) is 6.04 Å². The second kappa shape index (κ2) is 9.90.